The average Bonchev–Trinajstić information content (AvgIpc) is 2.19. The second kappa shape index (κ2) is 5.38. The van der Waals surface area contributed by atoms with Crippen LogP contribution in [0.5, 0.6) is 0 Å². The molecule has 1 aliphatic carbocycles. The molecule has 0 aromatic heterocycles. The summed E-state index contributed by atoms with van der Waals surface area (Å²) in [6.07, 6.45) is 7.67. The maximum atomic E-state index is 2.29. The second-order valence-electron chi connectivity index (χ2n) is 4.08. The molecule has 0 saturated heterocycles. The Labute approximate surface area is 89.1 Å². The van der Waals surface area contributed by atoms with Crippen LogP contribution in [0, 0.1) is 0 Å². The first-order valence-corrected chi connectivity index (χ1v) is 6.20. The lowest BCUT2D eigenvalue weighted by Gasteiger charge is -2.29. The lowest BCUT2D eigenvalue weighted by Crippen LogP contribution is -2.09. The van der Waals surface area contributed by atoms with E-state index < -0.39 is 0 Å². The number of hydrogen-bond donors (Lipinski definition) is 0. The predicted molar refractivity (Wildman–Crippen MR) is 64.5 cm³/mol. The van der Waals surface area contributed by atoms with Crippen molar-refractivity contribution in [2.45, 2.75) is 66.2 Å². The van der Waals surface area contributed by atoms with Crippen LogP contribution in [0.15, 0.2) is 22.3 Å². The van der Waals surface area contributed by atoms with E-state index in [0.29, 0.717) is 0 Å². The molecule has 0 nitrogen and oxygen atoms in total. The van der Waals surface area contributed by atoms with Crippen LogP contribution < -0.4 is 0 Å². The Balaban J connectivity index is 2.94. The summed E-state index contributed by atoms with van der Waals surface area (Å²) >= 11 is 0. The van der Waals surface area contributed by atoms with Crippen molar-refractivity contribution in [3.8, 4) is 0 Å². The van der Waals surface area contributed by atoms with Crippen LogP contribution in [0.25, 0.3) is 0 Å². The summed E-state index contributed by atoms with van der Waals surface area (Å²) in [5, 5.41) is 0. The van der Waals surface area contributed by atoms with Gasteiger partial charge in [0, 0.05) is 0 Å². The van der Waals surface area contributed by atoms with E-state index in [4.69, 9.17) is 0 Å². The summed E-state index contributed by atoms with van der Waals surface area (Å²) in [6, 6.07) is 0. The van der Waals surface area contributed by atoms with E-state index in [1.807, 2.05) is 0 Å². The van der Waals surface area contributed by atoms with Crippen LogP contribution >= 0.6 is 0 Å². The minimum atomic E-state index is 1.25. The highest BCUT2D eigenvalue weighted by Crippen LogP contribution is 2.40. The summed E-state index contributed by atoms with van der Waals surface area (Å²) in [5.74, 6) is 0. The molecule has 0 aromatic rings. The van der Waals surface area contributed by atoms with E-state index in [0.717, 1.165) is 0 Å². The summed E-state index contributed by atoms with van der Waals surface area (Å²) in [7, 11) is 0. The Morgan fingerprint density at radius 1 is 0.714 bits per heavy atom. The highest BCUT2D eigenvalue weighted by molar-refractivity contribution is 5.46. The maximum Gasteiger partial charge on any atom is -0.0236 e. The van der Waals surface area contributed by atoms with Crippen molar-refractivity contribution in [1.29, 1.82) is 0 Å². The Morgan fingerprint density at radius 3 is 1.14 bits per heavy atom. The molecule has 0 radical (unpaired) electrons. The van der Waals surface area contributed by atoms with Gasteiger partial charge in [0.1, 0.15) is 0 Å². The van der Waals surface area contributed by atoms with Crippen molar-refractivity contribution >= 4 is 0 Å². The van der Waals surface area contributed by atoms with E-state index in [2.05, 4.69) is 27.7 Å². The van der Waals surface area contributed by atoms with Crippen LogP contribution in [0.4, 0.5) is 0 Å². The van der Waals surface area contributed by atoms with Crippen molar-refractivity contribution in [2.24, 2.45) is 0 Å². The lowest BCUT2D eigenvalue weighted by atomic mass is 9.77. The number of allylic oxidation sites excluding steroid dienone is 4. The first kappa shape index (κ1) is 11.6. The Hall–Kier alpha value is -0.520. The van der Waals surface area contributed by atoms with Crippen LogP contribution in [-0.4, -0.2) is 0 Å². The molecule has 0 heteroatoms. The van der Waals surface area contributed by atoms with Crippen molar-refractivity contribution in [3.05, 3.63) is 22.3 Å². The van der Waals surface area contributed by atoms with Crippen molar-refractivity contribution < 1.29 is 0 Å². The molecule has 0 amide bonds. The molecule has 0 atom stereocenters. The molecular weight excluding hydrogens is 168 g/mol. The fourth-order valence-corrected chi connectivity index (χ4v) is 2.51. The standard InChI is InChI=1S/C14H24/c1-5-11(6-2)13-9-10-14(13)12(7-3)8-4/h5-10H2,1-4H3. The van der Waals surface area contributed by atoms with Crippen LogP contribution in [-0.2, 0) is 0 Å². The minimum Gasteiger partial charge on any atom is -0.0673 e. The molecule has 1 rings (SSSR count). The third-order valence-corrected chi connectivity index (χ3v) is 3.55. The molecule has 0 bridgehead atoms. The summed E-state index contributed by atoms with van der Waals surface area (Å²) in [4.78, 5) is 0. The number of rotatable bonds is 4. The molecule has 0 N–H and O–H groups in total. The van der Waals surface area contributed by atoms with Crippen LogP contribution in [0.1, 0.15) is 66.2 Å². The zero-order chi connectivity index (χ0) is 10.6. The topological polar surface area (TPSA) is 0 Å². The molecule has 1 fully saturated rings. The van der Waals surface area contributed by atoms with Crippen molar-refractivity contribution in [1.82, 2.24) is 0 Å². The molecule has 0 heterocycles. The smallest absolute Gasteiger partial charge is 0.0236 e. The Morgan fingerprint density at radius 2 is 1.00 bits per heavy atom. The van der Waals surface area contributed by atoms with E-state index in [-0.39, 0.29) is 0 Å². The van der Waals surface area contributed by atoms with Gasteiger partial charge < -0.3 is 0 Å². The number of hydrogen-bond acceptors (Lipinski definition) is 0. The quantitative estimate of drug-likeness (QED) is 0.587. The third-order valence-electron chi connectivity index (χ3n) is 3.55. The van der Waals surface area contributed by atoms with Gasteiger partial charge >= 0.3 is 0 Å². The Bertz CT molecular complexity index is 213. The van der Waals surface area contributed by atoms with Gasteiger partial charge in [-0.2, -0.15) is 0 Å². The molecular formula is C14H24. The van der Waals surface area contributed by atoms with Gasteiger partial charge in [-0.1, -0.05) is 38.8 Å². The molecule has 0 aromatic carbocycles. The van der Waals surface area contributed by atoms with E-state index in [1.165, 1.54) is 38.5 Å². The summed E-state index contributed by atoms with van der Waals surface area (Å²) < 4.78 is 0. The second-order valence-corrected chi connectivity index (χ2v) is 4.08. The van der Waals surface area contributed by atoms with Crippen LogP contribution in [0.2, 0.25) is 0 Å². The van der Waals surface area contributed by atoms with Gasteiger partial charge in [-0.05, 0) is 49.7 Å². The molecule has 80 valence electrons. The van der Waals surface area contributed by atoms with E-state index in [9.17, 15) is 0 Å². The van der Waals surface area contributed by atoms with Crippen LogP contribution in [0.3, 0.4) is 0 Å². The Kier molecular flexibility index (Phi) is 4.44. The lowest BCUT2D eigenvalue weighted by molar-refractivity contribution is 0.743. The van der Waals surface area contributed by atoms with E-state index >= 15 is 0 Å². The molecule has 1 saturated carbocycles. The van der Waals surface area contributed by atoms with Gasteiger partial charge in [0.05, 0.1) is 0 Å². The van der Waals surface area contributed by atoms with Gasteiger partial charge in [0.2, 0.25) is 0 Å². The molecule has 1 aliphatic rings. The highest BCUT2D eigenvalue weighted by atomic mass is 14.3. The van der Waals surface area contributed by atoms with E-state index in [1.54, 1.807) is 22.3 Å². The fourth-order valence-electron chi connectivity index (χ4n) is 2.51. The predicted octanol–water partition coefficient (Wildman–Crippen LogP) is 5.01. The SMILES string of the molecule is CCC(CC)=C1CCC1=C(CC)CC. The maximum absolute atomic E-state index is 2.29. The first-order valence-electron chi connectivity index (χ1n) is 6.20. The summed E-state index contributed by atoms with van der Waals surface area (Å²) in [5.41, 5.74) is 6.83. The zero-order valence-electron chi connectivity index (χ0n) is 10.2. The van der Waals surface area contributed by atoms with Gasteiger partial charge in [-0.3, -0.25) is 0 Å². The van der Waals surface area contributed by atoms with Gasteiger partial charge in [0.25, 0.3) is 0 Å². The zero-order valence-corrected chi connectivity index (χ0v) is 10.2. The van der Waals surface area contributed by atoms with Gasteiger partial charge in [0.15, 0.2) is 0 Å². The van der Waals surface area contributed by atoms with Gasteiger partial charge in [-0.25, -0.2) is 0 Å². The largest absolute Gasteiger partial charge is 0.0673 e. The molecule has 14 heavy (non-hydrogen) atoms. The monoisotopic (exact) mass is 192 g/mol. The summed E-state index contributed by atoms with van der Waals surface area (Å²) in [6.45, 7) is 9.16. The molecule has 0 aliphatic heterocycles. The average molecular weight is 192 g/mol. The van der Waals surface area contributed by atoms with Crippen molar-refractivity contribution in [2.75, 3.05) is 0 Å². The van der Waals surface area contributed by atoms with Gasteiger partial charge in [-0.15, -0.1) is 0 Å². The molecule has 0 unspecified atom stereocenters. The van der Waals surface area contributed by atoms with Crippen molar-refractivity contribution in [3.63, 3.8) is 0 Å². The molecule has 0 spiro atoms. The highest BCUT2D eigenvalue weighted by Gasteiger charge is 2.21. The first-order chi connectivity index (χ1) is 6.78. The fraction of sp³-hybridized carbons (Fsp3) is 0.714. The third kappa shape index (κ3) is 2.10. The minimum absolute atomic E-state index is 1.25. The normalized spacial score (nSPS) is 15.4.